The van der Waals surface area contributed by atoms with E-state index < -0.39 is 12.4 Å². The molecule has 0 N–H and O–H groups in total. The van der Waals surface area contributed by atoms with Crippen molar-refractivity contribution in [2.45, 2.75) is 63.4 Å². The van der Waals surface area contributed by atoms with Crippen molar-refractivity contribution in [3.8, 4) is 0 Å². The summed E-state index contributed by atoms with van der Waals surface area (Å²) in [6.45, 7) is 7.28. The summed E-state index contributed by atoms with van der Waals surface area (Å²) < 4.78 is 17.2. The molecule has 0 aliphatic carbocycles. The van der Waals surface area contributed by atoms with E-state index in [2.05, 4.69) is 0 Å². The maximum Gasteiger partial charge on any atom is 0.187 e. The van der Waals surface area contributed by atoms with Crippen LogP contribution in [0.2, 0.25) is 0 Å². The summed E-state index contributed by atoms with van der Waals surface area (Å²) in [5, 5.41) is 1.91. The standard InChI is InChI=1S/C14H21NO5/c1-14(2,3)19-7-4-5-15-10(7)9-11(16)8-6-17-13(18-8)12(9)20-15/h7-10,12-13H,4-6H2,1-3H3/t7-,8+,9+,10-,12+,13+/m0/s1. The predicted octanol–water partition coefficient (Wildman–Crippen LogP) is 0.499. The zero-order valence-corrected chi connectivity index (χ0v) is 12.1. The first-order chi connectivity index (χ1) is 9.44. The number of hydrogen-bond donors (Lipinski definition) is 0. The molecule has 0 unspecified atom stereocenters. The molecule has 112 valence electrons. The van der Waals surface area contributed by atoms with Crippen LogP contribution in [0, 0.1) is 5.92 Å². The summed E-state index contributed by atoms with van der Waals surface area (Å²) in [7, 11) is 0. The van der Waals surface area contributed by atoms with Crippen LogP contribution in [0.1, 0.15) is 27.2 Å². The molecule has 20 heavy (non-hydrogen) atoms. The predicted molar refractivity (Wildman–Crippen MR) is 67.7 cm³/mol. The first-order valence-electron chi connectivity index (χ1n) is 7.36. The van der Waals surface area contributed by atoms with Gasteiger partial charge in [-0.1, -0.05) is 0 Å². The molecule has 2 bridgehead atoms. The number of carbonyl (C=O) groups excluding carboxylic acids is 1. The molecule has 4 saturated heterocycles. The fourth-order valence-electron chi connectivity index (χ4n) is 3.80. The van der Waals surface area contributed by atoms with Crippen molar-refractivity contribution in [2.75, 3.05) is 13.2 Å². The molecule has 0 aromatic carbocycles. The average molecular weight is 283 g/mol. The second-order valence-corrected chi connectivity index (χ2v) is 7.01. The first-order valence-corrected chi connectivity index (χ1v) is 7.36. The van der Waals surface area contributed by atoms with Crippen LogP contribution in [0.5, 0.6) is 0 Å². The lowest BCUT2D eigenvalue weighted by Crippen LogP contribution is -2.51. The Morgan fingerprint density at radius 3 is 2.90 bits per heavy atom. The summed E-state index contributed by atoms with van der Waals surface area (Å²) in [6, 6.07) is 0.00215. The Bertz CT molecular complexity index is 434. The van der Waals surface area contributed by atoms with Crippen molar-refractivity contribution >= 4 is 5.78 Å². The highest BCUT2D eigenvalue weighted by atomic mass is 16.8. The maximum absolute atomic E-state index is 12.6. The molecule has 4 fully saturated rings. The van der Waals surface area contributed by atoms with E-state index >= 15 is 0 Å². The monoisotopic (exact) mass is 283 g/mol. The van der Waals surface area contributed by atoms with Gasteiger partial charge in [0.1, 0.15) is 12.2 Å². The summed E-state index contributed by atoms with van der Waals surface area (Å²) in [5.41, 5.74) is -0.220. The Balaban J connectivity index is 1.61. The van der Waals surface area contributed by atoms with E-state index in [0.717, 1.165) is 13.0 Å². The van der Waals surface area contributed by atoms with Crippen LogP contribution in [-0.4, -0.2) is 60.2 Å². The number of ketones is 1. The van der Waals surface area contributed by atoms with Crippen molar-refractivity contribution in [1.82, 2.24) is 5.06 Å². The second kappa shape index (κ2) is 4.24. The van der Waals surface area contributed by atoms with E-state index in [1.165, 1.54) is 0 Å². The van der Waals surface area contributed by atoms with E-state index in [4.69, 9.17) is 19.0 Å². The molecule has 0 spiro atoms. The van der Waals surface area contributed by atoms with Gasteiger partial charge in [0.05, 0.1) is 30.3 Å². The number of hydroxylamine groups is 2. The van der Waals surface area contributed by atoms with Gasteiger partial charge in [0.25, 0.3) is 0 Å². The third-order valence-corrected chi connectivity index (χ3v) is 4.46. The van der Waals surface area contributed by atoms with Crippen molar-refractivity contribution in [2.24, 2.45) is 5.92 Å². The van der Waals surface area contributed by atoms with Gasteiger partial charge >= 0.3 is 0 Å². The van der Waals surface area contributed by atoms with Crippen LogP contribution in [0.25, 0.3) is 0 Å². The number of fused-ring (bicyclic) bond motifs is 6. The van der Waals surface area contributed by atoms with Crippen molar-refractivity contribution in [1.29, 1.82) is 0 Å². The molecule has 0 amide bonds. The maximum atomic E-state index is 12.6. The molecule has 0 radical (unpaired) electrons. The smallest absolute Gasteiger partial charge is 0.187 e. The summed E-state index contributed by atoms with van der Waals surface area (Å²) in [5.74, 6) is -0.0724. The molecule has 4 rings (SSSR count). The molecule has 6 heteroatoms. The van der Waals surface area contributed by atoms with E-state index in [1.807, 2.05) is 25.8 Å². The Labute approximate surface area is 118 Å². The largest absolute Gasteiger partial charge is 0.371 e. The Hall–Kier alpha value is -0.530. The van der Waals surface area contributed by atoms with Gasteiger partial charge in [-0.15, -0.1) is 0 Å². The van der Waals surface area contributed by atoms with Crippen LogP contribution >= 0.6 is 0 Å². The van der Waals surface area contributed by atoms with Crippen LogP contribution in [0.15, 0.2) is 0 Å². The molecule has 4 aliphatic heterocycles. The van der Waals surface area contributed by atoms with Gasteiger partial charge in [-0.2, -0.15) is 5.06 Å². The molecule has 0 aromatic rings. The molecule has 4 heterocycles. The van der Waals surface area contributed by atoms with Crippen LogP contribution in [0.4, 0.5) is 0 Å². The van der Waals surface area contributed by atoms with Gasteiger partial charge in [0, 0.05) is 6.54 Å². The quantitative estimate of drug-likeness (QED) is 0.698. The average Bonchev–Trinajstić information content (AvgIpc) is 2.99. The van der Waals surface area contributed by atoms with E-state index in [1.54, 1.807) is 0 Å². The van der Waals surface area contributed by atoms with Crippen molar-refractivity contribution in [3.63, 3.8) is 0 Å². The minimum absolute atomic E-state index is 0.00215. The second-order valence-electron chi connectivity index (χ2n) is 7.01. The molecular formula is C14H21NO5. The third kappa shape index (κ3) is 1.86. The van der Waals surface area contributed by atoms with Crippen LogP contribution < -0.4 is 0 Å². The van der Waals surface area contributed by atoms with Gasteiger partial charge in [0.15, 0.2) is 12.1 Å². The third-order valence-electron chi connectivity index (χ3n) is 4.46. The van der Waals surface area contributed by atoms with Crippen molar-refractivity contribution in [3.05, 3.63) is 0 Å². The molecule has 4 aliphatic rings. The van der Waals surface area contributed by atoms with Gasteiger partial charge in [-0.05, 0) is 27.2 Å². The number of carbonyl (C=O) groups is 1. The van der Waals surface area contributed by atoms with Gasteiger partial charge in [-0.3, -0.25) is 9.63 Å². The minimum atomic E-state index is -0.416. The fraction of sp³-hybridized carbons (Fsp3) is 0.929. The van der Waals surface area contributed by atoms with E-state index in [9.17, 15) is 4.79 Å². The molecular weight excluding hydrogens is 262 g/mol. The highest BCUT2D eigenvalue weighted by Gasteiger charge is 2.62. The normalized spacial score (nSPS) is 47.6. The van der Waals surface area contributed by atoms with Crippen molar-refractivity contribution < 1.29 is 23.8 Å². The molecule has 6 atom stereocenters. The first kappa shape index (κ1) is 13.2. The SMILES string of the molecule is CC(C)(C)O[C@H]1CCN2O[C@H]3[C@@H]4OC[C@@H](O4)C(=O)[C@H]3[C@H]12. The summed E-state index contributed by atoms with van der Waals surface area (Å²) in [4.78, 5) is 18.5. The zero-order valence-electron chi connectivity index (χ0n) is 12.1. The van der Waals surface area contributed by atoms with Crippen LogP contribution in [0.3, 0.4) is 0 Å². The highest BCUT2D eigenvalue weighted by molar-refractivity contribution is 5.88. The lowest BCUT2D eigenvalue weighted by atomic mass is 9.84. The fourth-order valence-corrected chi connectivity index (χ4v) is 3.80. The van der Waals surface area contributed by atoms with E-state index in [-0.39, 0.29) is 35.6 Å². The van der Waals surface area contributed by atoms with Gasteiger partial charge in [-0.25, -0.2) is 0 Å². The van der Waals surface area contributed by atoms with E-state index in [0.29, 0.717) is 6.61 Å². The lowest BCUT2D eigenvalue weighted by molar-refractivity contribution is -0.228. The topological polar surface area (TPSA) is 57.2 Å². The Kier molecular flexibility index (Phi) is 2.79. The molecule has 0 saturated carbocycles. The number of rotatable bonds is 1. The van der Waals surface area contributed by atoms with Crippen LogP contribution in [-0.2, 0) is 23.8 Å². The van der Waals surface area contributed by atoms with Gasteiger partial charge in [0.2, 0.25) is 0 Å². The number of nitrogens with zero attached hydrogens (tertiary/aromatic N) is 1. The highest BCUT2D eigenvalue weighted by Crippen LogP contribution is 2.45. The number of Topliss-reactive ketones (excluding diaryl/α,β-unsaturated/α-hetero) is 1. The number of ether oxygens (including phenoxy) is 3. The summed E-state index contributed by atoms with van der Waals surface area (Å²) in [6.07, 6.45) is -0.191. The Morgan fingerprint density at radius 1 is 1.35 bits per heavy atom. The molecule has 0 aromatic heterocycles. The Morgan fingerprint density at radius 2 is 2.15 bits per heavy atom. The van der Waals surface area contributed by atoms with Gasteiger partial charge < -0.3 is 14.2 Å². The lowest BCUT2D eigenvalue weighted by Gasteiger charge is -2.33. The zero-order chi connectivity index (χ0) is 14.1. The summed E-state index contributed by atoms with van der Waals surface area (Å²) >= 11 is 0. The molecule has 6 nitrogen and oxygen atoms in total. The minimum Gasteiger partial charge on any atom is -0.371 e. The number of hydrogen-bond acceptors (Lipinski definition) is 6.